The Morgan fingerprint density at radius 3 is 1.08 bits per heavy atom. The number of amides is 2. The first-order chi connectivity index (χ1) is 24.3. The topological polar surface area (TPSA) is 131 Å². The number of hydrogen-bond donors (Lipinski definition) is 4. The minimum atomic E-state index is -0.548. The van der Waals surface area contributed by atoms with Crippen LogP contribution in [-0.2, 0) is 9.59 Å². The van der Waals surface area contributed by atoms with E-state index in [-0.39, 0.29) is 82.8 Å². The third-order valence-electron chi connectivity index (χ3n) is 9.35. The van der Waals surface area contributed by atoms with Crippen LogP contribution in [0.3, 0.4) is 0 Å². The van der Waals surface area contributed by atoms with Gasteiger partial charge in [0.1, 0.15) is 11.4 Å². The summed E-state index contributed by atoms with van der Waals surface area (Å²) >= 11 is 0. The first-order valence-corrected chi connectivity index (χ1v) is 17.8. The minimum absolute atomic E-state index is 0.0126. The average Bonchev–Trinajstić information content (AvgIpc) is 3.53. The highest BCUT2D eigenvalue weighted by Crippen LogP contribution is 2.45. The van der Waals surface area contributed by atoms with Crippen LogP contribution in [0.2, 0.25) is 0 Å². The molecule has 0 unspecified atom stereocenters. The van der Waals surface area contributed by atoms with Gasteiger partial charge in [-0.1, -0.05) is 105 Å². The van der Waals surface area contributed by atoms with Gasteiger partial charge in [0.25, 0.3) is 11.8 Å². The number of hydrogen-bond acceptors (Lipinski definition) is 6. The van der Waals surface area contributed by atoms with E-state index in [0.717, 1.165) is 22.3 Å². The predicted octanol–water partition coefficient (Wildman–Crippen LogP) is 9.10. The molecule has 0 saturated carbocycles. The molecular weight excluding hydrogens is 656 g/mol. The summed E-state index contributed by atoms with van der Waals surface area (Å²) < 4.78 is 2.69. The van der Waals surface area contributed by atoms with Crippen LogP contribution in [-0.4, -0.2) is 54.5 Å². The second kappa shape index (κ2) is 15.5. The maximum absolute atomic E-state index is 13.8. The lowest BCUT2D eigenvalue weighted by Gasteiger charge is -2.28. The van der Waals surface area contributed by atoms with E-state index in [1.54, 1.807) is 0 Å². The monoisotopic (exact) mass is 710 g/mol. The van der Waals surface area contributed by atoms with Crippen LogP contribution in [0, 0.1) is 0 Å². The standard InChI is InChI=1S/C42H54N4O6/c1-23(2)29-15-13-16-30(24(3)4)37(29)45-35(47)21-33(41(45)51)43(39(49)27(9)10)19-20-44(40(50)28(11)12)34-22-36(48)46(42(34)52)38-31(25(5)6)17-14-18-32(38)26(7)8/h13-18,21-26,47-48,51-52H,9,11,19-20H2,1-8,10,12H3. The van der Waals surface area contributed by atoms with Gasteiger partial charge >= 0.3 is 0 Å². The van der Waals surface area contributed by atoms with Crippen molar-refractivity contribution in [3.63, 3.8) is 0 Å². The summed E-state index contributed by atoms with van der Waals surface area (Å²) in [5.41, 5.74) is 5.19. The number of aromatic nitrogens is 2. The van der Waals surface area contributed by atoms with Crippen LogP contribution >= 0.6 is 0 Å². The van der Waals surface area contributed by atoms with Crippen molar-refractivity contribution in [1.82, 2.24) is 9.13 Å². The fourth-order valence-corrected chi connectivity index (χ4v) is 6.65. The van der Waals surface area contributed by atoms with Crippen LogP contribution in [0.1, 0.15) is 115 Å². The Balaban J connectivity index is 1.88. The number of benzene rings is 2. The number of para-hydroxylation sites is 2. The first kappa shape index (κ1) is 39.4. The highest BCUT2D eigenvalue weighted by atomic mass is 16.3. The number of aromatic hydroxyl groups is 4. The van der Waals surface area contributed by atoms with Crippen LogP contribution in [0.15, 0.2) is 72.8 Å². The second-order valence-corrected chi connectivity index (χ2v) is 14.8. The molecule has 0 spiro atoms. The SMILES string of the molecule is C=C(C)C(=O)N(CCN(C(=O)C(=C)C)c1cc(O)n(-c2c(C(C)C)cccc2C(C)C)c1O)c1cc(O)n(-c2c(C(C)C)cccc2C(C)C)c1O. The Labute approximate surface area is 307 Å². The smallest absolute Gasteiger partial charge is 0.253 e. The van der Waals surface area contributed by atoms with Crippen molar-refractivity contribution < 1.29 is 30.0 Å². The highest BCUT2D eigenvalue weighted by molar-refractivity contribution is 6.07. The second-order valence-electron chi connectivity index (χ2n) is 14.8. The quantitative estimate of drug-likeness (QED) is 0.102. The maximum atomic E-state index is 13.8. The van der Waals surface area contributed by atoms with Crippen molar-refractivity contribution in [2.75, 3.05) is 22.9 Å². The third-order valence-corrected chi connectivity index (χ3v) is 9.35. The average molecular weight is 711 g/mol. The lowest BCUT2D eigenvalue weighted by Crippen LogP contribution is -2.41. The van der Waals surface area contributed by atoms with Crippen molar-refractivity contribution in [1.29, 1.82) is 0 Å². The van der Waals surface area contributed by atoms with Gasteiger partial charge in [0, 0.05) is 36.4 Å². The van der Waals surface area contributed by atoms with Gasteiger partial charge in [-0.05, 0) is 59.8 Å². The van der Waals surface area contributed by atoms with E-state index < -0.39 is 11.8 Å². The molecule has 4 rings (SSSR count). The first-order valence-electron chi connectivity index (χ1n) is 17.8. The normalized spacial score (nSPS) is 11.6. The molecule has 4 aromatic rings. The number of carbonyl (C=O) groups excluding carboxylic acids is 2. The van der Waals surface area contributed by atoms with E-state index in [2.05, 4.69) is 13.2 Å². The van der Waals surface area contributed by atoms with Gasteiger partial charge in [0.15, 0.2) is 0 Å². The zero-order chi connectivity index (χ0) is 38.9. The summed E-state index contributed by atoms with van der Waals surface area (Å²) in [6.07, 6.45) is 0. The molecular formula is C42H54N4O6. The number of nitrogens with zero attached hydrogens (tertiary/aromatic N) is 4. The fourth-order valence-electron chi connectivity index (χ4n) is 6.65. The molecule has 0 saturated heterocycles. The molecule has 0 aliphatic carbocycles. The summed E-state index contributed by atoms with van der Waals surface area (Å²) in [5.74, 6) is -2.18. The van der Waals surface area contributed by atoms with Gasteiger partial charge in [0.05, 0.1) is 11.4 Å². The molecule has 2 aromatic heterocycles. The van der Waals surface area contributed by atoms with E-state index in [1.807, 2.05) is 91.8 Å². The predicted molar refractivity (Wildman–Crippen MR) is 209 cm³/mol. The van der Waals surface area contributed by atoms with Gasteiger partial charge in [-0.15, -0.1) is 0 Å². The van der Waals surface area contributed by atoms with E-state index in [9.17, 15) is 30.0 Å². The summed E-state index contributed by atoms with van der Waals surface area (Å²) in [5, 5.41) is 46.4. The zero-order valence-electron chi connectivity index (χ0n) is 32.2. The minimum Gasteiger partial charge on any atom is -0.494 e. The number of carbonyl (C=O) groups is 2. The number of rotatable bonds is 13. The Morgan fingerprint density at radius 2 is 0.846 bits per heavy atom. The Hall–Kier alpha value is -5.38. The van der Waals surface area contributed by atoms with Gasteiger partial charge in [-0.3, -0.25) is 9.59 Å². The molecule has 4 N–H and O–H groups in total. The lowest BCUT2D eigenvalue weighted by molar-refractivity contribution is -0.116. The van der Waals surface area contributed by atoms with E-state index in [1.165, 1.54) is 44.9 Å². The molecule has 2 amide bonds. The summed E-state index contributed by atoms with van der Waals surface area (Å²) in [6.45, 7) is 26.6. The van der Waals surface area contributed by atoms with Gasteiger partial charge in [-0.25, -0.2) is 9.13 Å². The summed E-state index contributed by atoms with van der Waals surface area (Å²) in [7, 11) is 0. The molecule has 278 valence electrons. The molecule has 10 heteroatoms. The molecule has 0 bridgehead atoms. The molecule has 0 aliphatic heterocycles. The maximum Gasteiger partial charge on any atom is 0.253 e. The molecule has 52 heavy (non-hydrogen) atoms. The number of anilines is 2. The zero-order valence-corrected chi connectivity index (χ0v) is 32.2. The molecule has 0 radical (unpaired) electrons. The largest absolute Gasteiger partial charge is 0.494 e. The van der Waals surface area contributed by atoms with E-state index in [4.69, 9.17) is 0 Å². The van der Waals surface area contributed by atoms with Gasteiger partial charge in [-0.2, -0.15) is 0 Å². The molecule has 0 aliphatic rings. The van der Waals surface area contributed by atoms with Gasteiger partial charge < -0.3 is 30.2 Å². The summed E-state index contributed by atoms with van der Waals surface area (Å²) in [6, 6.07) is 14.3. The third kappa shape index (κ3) is 7.33. The fraction of sp³-hybridized carbons (Fsp3) is 0.381. The molecule has 10 nitrogen and oxygen atoms in total. The molecule has 2 heterocycles. The summed E-state index contributed by atoms with van der Waals surface area (Å²) in [4.78, 5) is 30.1. The van der Waals surface area contributed by atoms with Crippen molar-refractivity contribution in [3.8, 4) is 34.9 Å². The van der Waals surface area contributed by atoms with Crippen LogP contribution in [0.5, 0.6) is 23.5 Å². The van der Waals surface area contributed by atoms with Crippen molar-refractivity contribution in [2.24, 2.45) is 0 Å². The van der Waals surface area contributed by atoms with E-state index >= 15 is 0 Å². The Kier molecular flexibility index (Phi) is 11.7. The van der Waals surface area contributed by atoms with Crippen molar-refractivity contribution in [2.45, 2.75) is 92.9 Å². The lowest BCUT2D eigenvalue weighted by atomic mass is 9.92. The van der Waals surface area contributed by atoms with Crippen molar-refractivity contribution >= 4 is 23.2 Å². The van der Waals surface area contributed by atoms with E-state index in [0.29, 0.717) is 11.4 Å². The molecule has 0 fully saturated rings. The van der Waals surface area contributed by atoms with Crippen molar-refractivity contribution in [3.05, 3.63) is 95.1 Å². The molecule has 2 aromatic carbocycles. The molecule has 0 atom stereocenters. The highest BCUT2D eigenvalue weighted by Gasteiger charge is 2.32. The Bertz CT molecular complexity index is 1820. The van der Waals surface area contributed by atoms with Crippen LogP contribution < -0.4 is 9.80 Å². The van der Waals surface area contributed by atoms with Gasteiger partial charge in [0.2, 0.25) is 23.5 Å². The van der Waals surface area contributed by atoms with Crippen LogP contribution in [0.25, 0.3) is 11.4 Å². The Morgan fingerprint density at radius 1 is 0.577 bits per heavy atom. The van der Waals surface area contributed by atoms with Crippen LogP contribution in [0.4, 0.5) is 11.4 Å².